The zero-order chi connectivity index (χ0) is 13.4. The number of para-hydroxylation sites is 1. The Labute approximate surface area is 130 Å². The van der Waals surface area contributed by atoms with Crippen LogP contribution in [-0.4, -0.2) is 17.7 Å². The van der Waals surface area contributed by atoms with Crippen LogP contribution in [0.25, 0.3) is 0 Å². The van der Waals surface area contributed by atoms with Gasteiger partial charge in [-0.25, -0.2) is 4.79 Å². The maximum Gasteiger partial charge on any atom is 0.341 e. The van der Waals surface area contributed by atoms with Gasteiger partial charge in [0.25, 0.3) is 0 Å². The van der Waals surface area contributed by atoms with E-state index >= 15 is 0 Å². The van der Waals surface area contributed by atoms with Gasteiger partial charge in [-0.2, -0.15) is 0 Å². The fourth-order valence-electron chi connectivity index (χ4n) is 1.82. The summed E-state index contributed by atoms with van der Waals surface area (Å²) >= 11 is 0. The first-order valence-electron chi connectivity index (χ1n) is 6.64. The van der Waals surface area contributed by atoms with Crippen molar-refractivity contribution in [2.24, 2.45) is 5.92 Å². The molecule has 3 nitrogen and oxygen atoms in total. The predicted octanol–water partition coefficient (Wildman–Crippen LogP) is 3.76. The van der Waals surface area contributed by atoms with Crippen LogP contribution in [0.4, 0.5) is 0 Å². The van der Waals surface area contributed by atoms with Crippen molar-refractivity contribution in [2.45, 2.75) is 39.5 Å². The van der Waals surface area contributed by atoms with Gasteiger partial charge in [-0.05, 0) is 24.5 Å². The number of phenols is 1. The van der Waals surface area contributed by atoms with Crippen molar-refractivity contribution in [3.63, 3.8) is 0 Å². The number of hydrogen-bond donors (Lipinski definition) is 1. The number of unbranched alkanes of at least 4 members (excludes halogenated alkanes) is 1. The van der Waals surface area contributed by atoms with E-state index in [0.717, 1.165) is 25.7 Å². The van der Waals surface area contributed by atoms with E-state index in [-0.39, 0.29) is 33.7 Å². The van der Waals surface area contributed by atoms with Crippen molar-refractivity contribution in [1.82, 2.24) is 0 Å². The van der Waals surface area contributed by atoms with Gasteiger partial charge in [-0.1, -0.05) is 45.2 Å². The Hall–Kier alpha value is -0.770. The molecule has 0 saturated heterocycles. The van der Waals surface area contributed by atoms with Gasteiger partial charge in [0, 0.05) is 22.4 Å². The number of rotatable bonds is 7. The summed E-state index contributed by atoms with van der Waals surface area (Å²) in [7, 11) is 0. The molecule has 111 valence electrons. The smallest absolute Gasteiger partial charge is 0.341 e. The van der Waals surface area contributed by atoms with Gasteiger partial charge in [-0.15, -0.1) is 0 Å². The van der Waals surface area contributed by atoms with E-state index in [0.29, 0.717) is 12.5 Å². The molecule has 1 radical (unpaired) electrons. The third kappa shape index (κ3) is 6.28. The first kappa shape index (κ1) is 18.2. The van der Waals surface area contributed by atoms with Gasteiger partial charge in [0.05, 0.1) is 6.61 Å². The van der Waals surface area contributed by atoms with Crippen LogP contribution in [0.15, 0.2) is 24.3 Å². The molecule has 0 aliphatic rings. The third-order valence-corrected chi connectivity index (χ3v) is 3.12. The summed E-state index contributed by atoms with van der Waals surface area (Å²) in [6.45, 7) is 4.69. The molecule has 1 rings (SSSR count). The summed E-state index contributed by atoms with van der Waals surface area (Å²) in [6.07, 6.45) is 4.41. The maximum atomic E-state index is 11.8. The van der Waals surface area contributed by atoms with Crippen LogP contribution >= 0.6 is 0 Å². The number of benzene rings is 1. The molecule has 4 heteroatoms. The Kier molecular flexibility index (Phi) is 9.66. The molecule has 0 bridgehead atoms. The van der Waals surface area contributed by atoms with E-state index in [9.17, 15) is 9.90 Å². The molecule has 0 amide bonds. The van der Waals surface area contributed by atoms with Gasteiger partial charge in [0.2, 0.25) is 0 Å². The Morgan fingerprint density at radius 1 is 1.32 bits per heavy atom. The number of ether oxygens (including phenoxy) is 1. The molecule has 0 spiro atoms. The summed E-state index contributed by atoms with van der Waals surface area (Å²) in [4.78, 5) is 11.8. The Bertz CT molecular complexity index is 379. The largest absolute Gasteiger partial charge is 0.507 e. The molecular weight excluding hydrogens is 425 g/mol. The molecule has 0 aliphatic carbocycles. The van der Waals surface area contributed by atoms with E-state index in [1.165, 1.54) is 6.07 Å². The maximum absolute atomic E-state index is 11.8. The average molecular weight is 447 g/mol. The normalized spacial score (nSPS) is 11.5. The van der Waals surface area contributed by atoms with E-state index in [1.807, 2.05) is 0 Å². The molecule has 0 aromatic heterocycles. The van der Waals surface area contributed by atoms with Gasteiger partial charge >= 0.3 is 5.97 Å². The number of esters is 1. The van der Waals surface area contributed by atoms with Crippen LogP contribution in [0.3, 0.4) is 0 Å². The number of phenolic OH excluding ortho intramolecular Hbond substituents is 1. The van der Waals surface area contributed by atoms with Gasteiger partial charge in [-0.3, -0.25) is 0 Å². The predicted molar refractivity (Wildman–Crippen MR) is 71.7 cm³/mol. The monoisotopic (exact) mass is 447 g/mol. The van der Waals surface area contributed by atoms with Crippen molar-refractivity contribution in [2.75, 3.05) is 6.61 Å². The minimum atomic E-state index is -0.442. The SMILES string of the molecule is CCCCC(CC)COC(=O)c1ccccc1O.[Au]. The summed E-state index contributed by atoms with van der Waals surface area (Å²) in [6, 6.07) is 6.46. The quantitative estimate of drug-likeness (QED) is 0.512. The third-order valence-electron chi connectivity index (χ3n) is 3.12. The molecule has 0 fully saturated rings. The molecule has 0 aliphatic heterocycles. The Morgan fingerprint density at radius 3 is 2.58 bits per heavy atom. The first-order valence-corrected chi connectivity index (χ1v) is 6.64. The van der Waals surface area contributed by atoms with Crippen molar-refractivity contribution < 1.29 is 37.0 Å². The van der Waals surface area contributed by atoms with E-state index < -0.39 is 5.97 Å². The zero-order valence-electron chi connectivity index (χ0n) is 11.5. The number of hydrogen-bond acceptors (Lipinski definition) is 3. The number of carbonyl (C=O) groups excluding carboxylic acids is 1. The first-order chi connectivity index (χ1) is 8.69. The van der Waals surface area contributed by atoms with Gasteiger partial charge < -0.3 is 9.84 Å². The number of aromatic hydroxyl groups is 1. The molecule has 1 N–H and O–H groups in total. The molecule has 1 aromatic carbocycles. The second-order valence-corrected chi connectivity index (χ2v) is 4.53. The summed E-state index contributed by atoms with van der Waals surface area (Å²) < 4.78 is 5.26. The minimum Gasteiger partial charge on any atom is -0.507 e. The molecule has 19 heavy (non-hydrogen) atoms. The second kappa shape index (κ2) is 10.1. The van der Waals surface area contributed by atoms with Crippen molar-refractivity contribution in [3.05, 3.63) is 29.8 Å². The molecule has 1 aromatic rings. The Morgan fingerprint density at radius 2 is 2.00 bits per heavy atom. The van der Waals surface area contributed by atoms with Crippen LogP contribution in [-0.2, 0) is 27.1 Å². The second-order valence-electron chi connectivity index (χ2n) is 4.53. The minimum absolute atomic E-state index is 0. The van der Waals surface area contributed by atoms with Crippen LogP contribution in [0.5, 0.6) is 5.75 Å². The van der Waals surface area contributed by atoms with Crippen LogP contribution < -0.4 is 0 Å². The molecule has 1 unspecified atom stereocenters. The van der Waals surface area contributed by atoms with Gasteiger partial charge in [0.1, 0.15) is 11.3 Å². The van der Waals surface area contributed by atoms with Crippen LogP contribution in [0.1, 0.15) is 49.9 Å². The standard InChI is InChI=1S/C15H22O3.Au/c1-3-5-8-12(4-2)11-18-15(17)13-9-6-7-10-14(13)16;/h6-7,9-10,12,16H,3-5,8,11H2,1-2H3;. The van der Waals surface area contributed by atoms with Crippen molar-refractivity contribution in [3.8, 4) is 5.75 Å². The van der Waals surface area contributed by atoms with Crippen LogP contribution in [0, 0.1) is 5.92 Å². The fraction of sp³-hybridized carbons (Fsp3) is 0.533. The van der Waals surface area contributed by atoms with E-state index in [4.69, 9.17) is 4.74 Å². The molecular formula is C15H22AuO3. The average Bonchev–Trinajstić information content (AvgIpc) is 2.39. The topological polar surface area (TPSA) is 46.5 Å². The van der Waals surface area contributed by atoms with E-state index in [1.54, 1.807) is 18.2 Å². The summed E-state index contributed by atoms with van der Waals surface area (Å²) in [5.41, 5.74) is 0.239. The summed E-state index contributed by atoms with van der Waals surface area (Å²) in [5.74, 6) is -0.0492. The molecule has 0 saturated carbocycles. The fourth-order valence-corrected chi connectivity index (χ4v) is 1.82. The Balaban J connectivity index is 0.00000324. The van der Waals surface area contributed by atoms with E-state index in [2.05, 4.69) is 13.8 Å². The zero-order valence-corrected chi connectivity index (χ0v) is 13.7. The van der Waals surface area contributed by atoms with Crippen LogP contribution in [0.2, 0.25) is 0 Å². The molecule has 1 atom stereocenters. The number of carbonyl (C=O) groups is 1. The van der Waals surface area contributed by atoms with Crippen molar-refractivity contribution in [1.29, 1.82) is 0 Å². The molecule has 0 heterocycles. The van der Waals surface area contributed by atoms with Gasteiger partial charge in [0.15, 0.2) is 0 Å². The van der Waals surface area contributed by atoms with Crippen molar-refractivity contribution >= 4 is 5.97 Å². The summed E-state index contributed by atoms with van der Waals surface area (Å²) in [5, 5.41) is 9.54.